The maximum Gasteiger partial charge on any atom is 0.194 e. The predicted molar refractivity (Wildman–Crippen MR) is 113 cm³/mol. The van der Waals surface area contributed by atoms with Gasteiger partial charge in [0.15, 0.2) is 29.0 Å². The van der Waals surface area contributed by atoms with Gasteiger partial charge in [-0.3, -0.25) is 4.99 Å². The van der Waals surface area contributed by atoms with Crippen LogP contribution in [-0.4, -0.2) is 52.9 Å². The van der Waals surface area contributed by atoms with Crippen LogP contribution >= 0.6 is 0 Å². The minimum Gasteiger partial charge on any atom is -0.493 e. The van der Waals surface area contributed by atoms with Gasteiger partial charge >= 0.3 is 0 Å². The predicted octanol–water partition coefficient (Wildman–Crippen LogP) is 2.85. The van der Waals surface area contributed by atoms with Crippen LogP contribution < -0.4 is 24.3 Å². The molecule has 156 valence electrons. The Labute approximate surface area is 172 Å². The summed E-state index contributed by atoms with van der Waals surface area (Å²) in [6, 6.07) is 9.99. The minimum absolute atomic E-state index is 0.586. The first-order valence-corrected chi connectivity index (χ1v) is 9.54. The van der Waals surface area contributed by atoms with Crippen LogP contribution in [0.5, 0.6) is 23.0 Å². The first-order chi connectivity index (χ1) is 14.1. The highest BCUT2D eigenvalue weighted by molar-refractivity contribution is 5.80. The Balaban J connectivity index is 1.74. The number of guanidine groups is 1. The van der Waals surface area contributed by atoms with E-state index in [-0.39, 0.29) is 0 Å². The molecular formula is C22H29N3O4. The van der Waals surface area contributed by atoms with Crippen LogP contribution in [0, 0.1) is 0 Å². The first kappa shape index (κ1) is 20.6. The molecule has 0 saturated carbocycles. The van der Waals surface area contributed by atoms with Crippen molar-refractivity contribution in [3.8, 4) is 23.0 Å². The van der Waals surface area contributed by atoms with Crippen molar-refractivity contribution in [3.05, 3.63) is 47.0 Å². The summed E-state index contributed by atoms with van der Waals surface area (Å²) in [4.78, 5) is 6.71. The number of benzene rings is 2. The lowest BCUT2D eigenvalue weighted by molar-refractivity contribution is 0.344. The Bertz CT molecular complexity index is 883. The number of aliphatic imine (C=N–C) groups is 1. The third-order valence-electron chi connectivity index (χ3n) is 5.15. The van der Waals surface area contributed by atoms with Crippen molar-refractivity contribution in [3.63, 3.8) is 0 Å². The summed E-state index contributed by atoms with van der Waals surface area (Å²) in [5.41, 5.74) is 3.51. The Kier molecular flexibility index (Phi) is 6.69. The third kappa shape index (κ3) is 4.34. The van der Waals surface area contributed by atoms with E-state index in [1.54, 1.807) is 35.5 Å². The molecule has 1 N–H and O–H groups in total. The molecule has 0 aliphatic carbocycles. The Morgan fingerprint density at radius 1 is 0.966 bits per heavy atom. The van der Waals surface area contributed by atoms with Crippen LogP contribution in [0.15, 0.2) is 35.3 Å². The van der Waals surface area contributed by atoms with E-state index in [9.17, 15) is 0 Å². The van der Waals surface area contributed by atoms with Crippen molar-refractivity contribution in [1.29, 1.82) is 0 Å². The van der Waals surface area contributed by atoms with Crippen LogP contribution in [-0.2, 0) is 19.5 Å². The van der Waals surface area contributed by atoms with Crippen molar-refractivity contribution in [2.45, 2.75) is 19.5 Å². The molecule has 3 rings (SSSR count). The van der Waals surface area contributed by atoms with Gasteiger partial charge in [0.1, 0.15) is 0 Å². The number of ether oxygens (including phenoxy) is 4. The molecule has 1 heterocycles. The van der Waals surface area contributed by atoms with Gasteiger partial charge in [-0.25, -0.2) is 0 Å². The summed E-state index contributed by atoms with van der Waals surface area (Å²) in [6.45, 7) is 2.21. The maximum absolute atomic E-state index is 5.53. The molecule has 0 radical (unpaired) electrons. The number of nitrogens with one attached hydrogen (secondary N) is 1. The number of para-hydroxylation sites is 1. The highest BCUT2D eigenvalue weighted by atomic mass is 16.5. The standard InChI is InChI=1S/C22H29N3O4/c1-23-22(24-13-16-7-6-8-18(26-2)21(16)29-5)25-10-9-15-11-19(27-3)20(28-4)12-17(15)14-25/h6-8,11-12H,9-10,13-14H2,1-5H3,(H,23,24). The van der Waals surface area contributed by atoms with E-state index in [1.165, 1.54) is 11.1 Å². The quantitative estimate of drug-likeness (QED) is 0.595. The first-order valence-electron chi connectivity index (χ1n) is 9.54. The molecule has 29 heavy (non-hydrogen) atoms. The van der Waals surface area contributed by atoms with E-state index < -0.39 is 0 Å². The molecule has 0 atom stereocenters. The molecule has 0 fully saturated rings. The van der Waals surface area contributed by atoms with Crippen molar-refractivity contribution < 1.29 is 18.9 Å². The number of hydrogen-bond donors (Lipinski definition) is 1. The second-order valence-electron chi connectivity index (χ2n) is 6.70. The van der Waals surface area contributed by atoms with Gasteiger partial charge < -0.3 is 29.2 Å². The van der Waals surface area contributed by atoms with E-state index >= 15 is 0 Å². The van der Waals surface area contributed by atoms with E-state index in [1.807, 2.05) is 18.2 Å². The molecule has 0 saturated heterocycles. The molecular weight excluding hydrogens is 370 g/mol. The van der Waals surface area contributed by atoms with E-state index in [0.717, 1.165) is 54.0 Å². The van der Waals surface area contributed by atoms with Gasteiger partial charge in [-0.15, -0.1) is 0 Å². The second-order valence-corrected chi connectivity index (χ2v) is 6.70. The highest BCUT2D eigenvalue weighted by Gasteiger charge is 2.22. The van der Waals surface area contributed by atoms with Gasteiger partial charge in [0.2, 0.25) is 0 Å². The Morgan fingerprint density at radius 3 is 2.28 bits per heavy atom. The summed E-state index contributed by atoms with van der Waals surface area (Å²) in [6.07, 6.45) is 0.916. The van der Waals surface area contributed by atoms with Crippen LogP contribution in [0.1, 0.15) is 16.7 Å². The average molecular weight is 399 g/mol. The highest BCUT2D eigenvalue weighted by Crippen LogP contribution is 2.33. The SMILES string of the molecule is CN=C(NCc1cccc(OC)c1OC)N1CCc2cc(OC)c(OC)cc2C1. The third-order valence-corrected chi connectivity index (χ3v) is 5.15. The zero-order chi connectivity index (χ0) is 20.8. The molecule has 0 amide bonds. The van der Waals surface area contributed by atoms with E-state index in [4.69, 9.17) is 18.9 Å². The fraction of sp³-hybridized carbons (Fsp3) is 0.409. The molecule has 0 aromatic heterocycles. The molecule has 0 unspecified atom stereocenters. The largest absolute Gasteiger partial charge is 0.493 e. The van der Waals surface area contributed by atoms with E-state index in [2.05, 4.69) is 27.3 Å². The molecule has 1 aliphatic rings. The van der Waals surface area contributed by atoms with Gasteiger partial charge in [-0.2, -0.15) is 0 Å². The fourth-order valence-corrected chi connectivity index (χ4v) is 3.66. The molecule has 7 heteroatoms. The summed E-state index contributed by atoms with van der Waals surface area (Å²) in [5, 5.41) is 3.45. The van der Waals surface area contributed by atoms with Gasteiger partial charge in [-0.1, -0.05) is 12.1 Å². The van der Waals surface area contributed by atoms with Crippen LogP contribution in [0.2, 0.25) is 0 Å². The summed E-state index contributed by atoms with van der Waals surface area (Å²) >= 11 is 0. The Hall–Kier alpha value is -3.09. The minimum atomic E-state index is 0.586. The zero-order valence-electron chi connectivity index (χ0n) is 17.7. The molecule has 1 aliphatic heterocycles. The van der Waals surface area contributed by atoms with Crippen LogP contribution in [0.4, 0.5) is 0 Å². The average Bonchev–Trinajstić information content (AvgIpc) is 2.77. The van der Waals surface area contributed by atoms with Crippen molar-refractivity contribution in [2.24, 2.45) is 4.99 Å². The number of rotatable bonds is 6. The number of nitrogens with zero attached hydrogens (tertiary/aromatic N) is 2. The number of hydrogen-bond acceptors (Lipinski definition) is 5. The van der Waals surface area contributed by atoms with Gasteiger partial charge in [0.25, 0.3) is 0 Å². The number of fused-ring (bicyclic) bond motifs is 1. The second kappa shape index (κ2) is 9.41. The topological polar surface area (TPSA) is 64.6 Å². The molecule has 0 bridgehead atoms. The summed E-state index contributed by atoms with van der Waals surface area (Å²) < 4.78 is 21.8. The summed E-state index contributed by atoms with van der Waals surface area (Å²) in [7, 11) is 8.42. The lowest BCUT2D eigenvalue weighted by Crippen LogP contribution is -2.43. The van der Waals surface area contributed by atoms with Gasteiger partial charge in [0, 0.05) is 32.2 Å². The zero-order valence-corrected chi connectivity index (χ0v) is 17.7. The molecule has 2 aromatic rings. The molecule has 7 nitrogen and oxygen atoms in total. The van der Waals surface area contributed by atoms with Gasteiger partial charge in [-0.05, 0) is 35.7 Å². The lowest BCUT2D eigenvalue weighted by atomic mass is 9.99. The lowest BCUT2D eigenvalue weighted by Gasteiger charge is -2.32. The van der Waals surface area contributed by atoms with Crippen molar-refractivity contribution in [1.82, 2.24) is 10.2 Å². The fourth-order valence-electron chi connectivity index (χ4n) is 3.66. The maximum atomic E-state index is 5.53. The van der Waals surface area contributed by atoms with Crippen molar-refractivity contribution >= 4 is 5.96 Å². The molecule has 2 aromatic carbocycles. The Morgan fingerprint density at radius 2 is 1.66 bits per heavy atom. The summed E-state index contributed by atoms with van der Waals surface area (Å²) in [5.74, 6) is 3.81. The van der Waals surface area contributed by atoms with E-state index in [0.29, 0.717) is 6.54 Å². The monoisotopic (exact) mass is 399 g/mol. The van der Waals surface area contributed by atoms with Crippen LogP contribution in [0.25, 0.3) is 0 Å². The molecule has 0 spiro atoms. The normalized spacial score (nSPS) is 13.6. The smallest absolute Gasteiger partial charge is 0.194 e. The van der Waals surface area contributed by atoms with Crippen LogP contribution in [0.3, 0.4) is 0 Å². The van der Waals surface area contributed by atoms with Crippen molar-refractivity contribution in [2.75, 3.05) is 42.0 Å². The van der Waals surface area contributed by atoms with Gasteiger partial charge in [0.05, 0.1) is 28.4 Å². The number of methoxy groups -OCH3 is 4.